The van der Waals surface area contributed by atoms with Gasteiger partial charge in [0.2, 0.25) is 5.95 Å². The largest absolute Gasteiger partial charge is 0.381 e. The summed E-state index contributed by atoms with van der Waals surface area (Å²) in [6.45, 7) is 1.33. The lowest BCUT2D eigenvalue weighted by molar-refractivity contribution is 0.0673. The molecule has 0 radical (unpaired) electrons. The standard InChI is InChI=1S/C26H23F3N8O/c27-17-4-1-15(2-5-17)22-12-23(36-35-22)32-24-20-14-31-37(19-7-9-38-10-8-19)25(20)34-26(33-24)30-13-16-3-6-18(28)11-21(16)29/h1-6,11-12,14,19H,7-10,13H2,(H3,30,32,33,34,35,36). The van der Waals surface area contributed by atoms with Gasteiger partial charge in [0, 0.05) is 37.5 Å². The first-order valence-corrected chi connectivity index (χ1v) is 12.1. The van der Waals surface area contributed by atoms with Crippen molar-refractivity contribution in [2.75, 3.05) is 23.8 Å². The molecule has 12 heteroatoms. The lowest BCUT2D eigenvalue weighted by atomic mass is 10.1. The summed E-state index contributed by atoms with van der Waals surface area (Å²) in [5.74, 6) is -0.445. The van der Waals surface area contributed by atoms with Gasteiger partial charge in [-0.25, -0.2) is 17.9 Å². The Morgan fingerprint density at radius 3 is 2.55 bits per heavy atom. The van der Waals surface area contributed by atoms with Gasteiger partial charge in [-0.3, -0.25) is 5.10 Å². The summed E-state index contributed by atoms with van der Waals surface area (Å²) in [6, 6.07) is 11.4. The van der Waals surface area contributed by atoms with Crippen LogP contribution in [0.1, 0.15) is 24.4 Å². The zero-order valence-corrected chi connectivity index (χ0v) is 20.1. The molecule has 0 spiro atoms. The van der Waals surface area contributed by atoms with Gasteiger partial charge in [-0.2, -0.15) is 20.2 Å². The first kappa shape index (κ1) is 23.9. The fourth-order valence-electron chi connectivity index (χ4n) is 4.42. The lowest BCUT2D eigenvalue weighted by Gasteiger charge is -2.22. The Morgan fingerprint density at radius 2 is 1.76 bits per heavy atom. The molecule has 1 aliphatic heterocycles. The maximum absolute atomic E-state index is 14.2. The molecule has 9 nitrogen and oxygen atoms in total. The average Bonchev–Trinajstić information content (AvgIpc) is 3.57. The highest BCUT2D eigenvalue weighted by Gasteiger charge is 2.22. The number of hydrogen-bond donors (Lipinski definition) is 3. The highest BCUT2D eigenvalue weighted by atomic mass is 19.1. The number of benzene rings is 2. The van der Waals surface area contributed by atoms with E-state index in [1.807, 2.05) is 4.68 Å². The highest BCUT2D eigenvalue weighted by molar-refractivity contribution is 5.89. The molecule has 0 amide bonds. The second-order valence-electron chi connectivity index (χ2n) is 8.95. The third kappa shape index (κ3) is 4.90. The van der Waals surface area contributed by atoms with Crippen molar-refractivity contribution in [3.05, 3.63) is 77.7 Å². The maximum atomic E-state index is 14.2. The third-order valence-electron chi connectivity index (χ3n) is 6.42. The van der Waals surface area contributed by atoms with Gasteiger partial charge < -0.3 is 15.4 Å². The number of fused-ring (bicyclic) bond motifs is 1. The molecule has 6 rings (SSSR count). The zero-order chi connectivity index (χ0) is 26.1. The van der Waals surface area contributed by atoms with Crippen molar-refractivity contribution in [2.45, 2.75) is 25.4 Å². The van der Waals surface area contributed by atoms with Crippen LogP contribution in [-0.2, 0) is 11.3 Å². The molecule has 5 aromatic rings. The van der Waals surface area contributed by atoms with E-state index in [9.17, 15) is 13.2 Å². The zero-order valence-electron chi connectivity index (χ0n) is 20.1. The van der Waals surface area contributed by atoms with Gasteiger partial charge in [-0.05, 0) is 48.7 Å². The molecule has 38 heavy (non-hydrogen) atoms. The van der Waals surface area contributed by atoms with Crippen molar-refractivity contribution in [3.8, 4) is 11.3 Å². The Hall–Kier alpha value is -4.45. The van der Waals surface area contributed by atoms with Crippen molar-refractivity contribution < 1.29 is 17.9 Å². The van der Waals surface area contributed by atoms with E-state index in [0.29, 0.717) is 41.6 Å². The summed E-state index contributed by atoms with van der Waals surface area (Å²) in [7, 11) is 0. The second-order valence-corrected chi connectivity index (χ2v) is 8.95. The van der Waals surface area contributed by atoms with E-state index in [0.717, 1.165) is 24.5 Å². The van der Waals surface area contributed by atoms with E-state index in [-0.39, 0.29) is 29.9 Å². The van der Waals surface area contributed by atoms with Crippen LogP contribution in [0.4, 0.5) is 30.8 Å². The van der Waals surface area contributed by atoms with E-state index >= 15 is 0 Å². The number of H-pyrrole nitrogens is 1. The number of rotatable bonds is 7. The molecule has 0 saturated carbocycles. The molecule has 1 saturated heterocycles. The van der Waals surface area contributed by atoms with Gasteiger partial charge >= 0.3 is 0 Å². The van der Waals surface area contributed by atoms with Crippen LogP contribution in [0, 0.1) is 17.5 Å². The van der Waals surface area contributed by atoms with Gasteiger partial charge in [0.15, 0.2) is 11.5 Å². The van der Waals surface area contributed by atoms with Gasteiger partial charge in [0.1, 0.15) is 23.3 Å². The van der Waals surface area contributed by atoms with Crippen LogP contribution in [-0.4, -0.2) is 43.2 Å². The minimum atomic E-state index is -0.658. The van der Waals surface area contributed by atoms with Gasteiger partial charge in [-0.1, -0.05) is 6.07 Å². The first-order valence-electron chi connectivity index (χ1n) is 12.1. The molecule has 4 heterocycles. The van der Waals surface area contributed by atoms with Crippen molar-refractivity contribution in [3.63, 3.8) is 0 Å². The molecule has 1 fully saturated rings. The van der Waals surface area contributed by atoms with Crippen molar-refractivity contribution in [1.82, 2.24) is 29.9 Å². The third-order valence-corrected chi connectivity index (χ3v) is 6.42. The number of nitrogens with zero attached hydrogens (tertiary/aromatic N) is 5. The second kappa shape index (κ2) is 10.1. The number of halogens is 3. The molecular weight excluding hydrogens is 497 g/mol. The quantitative estimate of drug-likeness (QED) is 0.266. The Morgan fingerprint density at radius 1 is 0.974 bits per heavy atom. The fourth-order valence-corrected chi connectivity index (χ4v) is 4.42. The SMILES string of the molecule is Fc1ccc(-c2cc(Nc3nc(NCc4ccc(F)cc4F)nc4c3cnn4C3CCOCC3)n[nH]2)cc1. The summed E-state index contributed by atoms with van der Waals surface area (Å²) in [5.41, 5.74) is 2.35. The average molecular weight is 521 g/mol. The summed E-state index contributed by atoms with van der Waals surface area (Å²) >= 11 is 0. The maximum Gasteiger partial charge on any atom is 0.227 e. The van der Waals surface area contributed by atoms with Crippen molar-refractivity contribution in [1.29, 1.82) is 0 Å². The number of ether oxygens (including phenoxy) is 1. The van der Waals surface area contributed by atoms with Crippen LogP contribution >= 0.6 is 0 Å². The minimum Gasteiger partial charge on any atom is -0.381 e. The molecule has 0 bridgehead atoms. The Bertz CT molecular complexity index is 1580. The van der Waals surface area contributed by atoms with E-state index in [1.165, 1.54) is 24.3 Å². The predicted octanol–water partition coefficient (Wildman–Crippen LogP) is 5.34. The smallest absolute Gasteiger partial charge is 0.227 e. The summed E-state index contributed by atoms with van der Waals surface area (Å²) in [6.07, 6.45) is 3.30. The minimum absolute atomic E-state index is 0.0551. The van der Waals surface area contributed by atoms with Crippen LogP contribution in [0.15, 0.2) is 54.7 Å². The Labute approximate surface area is 215 Å². The number of anilines is 3. The van der Waals surface area contributed by atoms with E-state index < -0.39 is 11.6 Å². The normalized spacial score (nSPS) is 14.2. The van der Waals surface area contributed by atoms with Crippen molar-refractivity contribution in [2.24, 2.45) is 0 Å². The number of aromatic amines is 1. The lowest BCUT2D eigenvalue weighted by Crippen LogP contribution is -2.21. The molecule has 0 aliphatic carbocycles. The van der Waals surface area contributed by atoms with Crippen molar-refractivity contribution >= 4 is 28.6 Å². The van der Waals surface area contributed by atoms with Crippen LogP contribution in [0.2, 0.25) is 0 Å². The van der Waals surface area contributed by atoms with Gasteiger partial charge in [0.25, 0.3) is 0 Å². The van der Waals surface area contributed by atoms with Crippen LogP contribution < -0.4 is 10.6 Å². The molecule has 3 N–H and O–H groups in total. The van der Waals surface area contributed by atoms with Gasteiger partial charge in [-0.15, -0.1) is 0 Å². The van der Waals surface area contributed by atoms with Crippen LogP contribution in [0.25, 0.3) is 22.3 Å². The predicted molar refractivity (Wildman–Crippen MR) is 135 cm³/mol. The summed E-state index contributed by atoms with van der Waals surface area (Å²) in [4.78, 5) is 9.27. The summed E-state index contributed by atoms with van der Waals surface area (Å²) in [5, 5.41) is 18.8. The van der Waals surface area contributed by atoms with E-state index in [2.05, 4.69) is 35.9 Å². The monoisotopic (exact) mass is 520 g/mol. The molecule has 3 aromatic heterocycles. The van der Waals surface area contributed by atoms with Crippen LogP contribution in [0.3, 0.4) is 0 Å². The van der Waals surface area contributed by atoms with E-state index in [1.54, 1.807) is 24.4 Å². The van der Waals surface area contributed by atoms with Crippen LogP contribution in [0.5, 0.6) is 0 Å². The molecule has 1 aliphatic rings. The molecule has 2 aromatic carbocycles. The molecule has 0 unspecified atom stereocenters. The Kier molecular flexibility index (Phi) is 6.38. The number of hydrogen-bond acceptors (Lipinski definition) is 7. The fraction of sp³-hybridized carbons (Fsp3) is 0.231. The van der Waals surface area contributed by atoms with E-state index in [4.69, 9.17) is 4.74 Å². The molecule has 194 valence electrons. The van der Waals surface area contributed by atoms with Gasteiger partial charge in [0.05, 0.1) is 23.3 Å². The molecular formula is C26H23F3N8O. The topological polar surface area (TPSA) is 106 Å². The summed E-state index contributed by atoms with van der Waals surface area (Å²) < 4.78 is 48.2. The first-order chi connectivity index (χ1) is 18.5. The number of nitrogens with one attached hydrogen (secondary N) is 3. The number of aromatic nitrogens is 6. The highest BCUT2D eigenvalue weighted by Crippen LogP contribution is 2.30. The molecule has 0 atom stereocenters. The Balaban J connectivity index is 1.33.